The highest BCUT2D eigenvalue weighted by molar-refractivity contribution is 8.00. The fourth-order valence-electron chi connectivity index (χ4n) is 1.67. The highest BCUT2D eigenvalue weighted by Gasteiger charge is 2.20. The van der Waals surface area contributed by atoms with E-state index in [-0.39, 0.29) is 28.5 Å². The monoisotopic (exact) mass is 375 g/mol. The second kappa shape index (κ2) is 9.89. The van der Waals surface area contributed by atoms with Crippen molar-refractivity contribution in [3.05, 3.63) is 23.0 Å². The van der Waals surface area contributed by atoms with Crippen LogP contribution in [0.5, 0.6) is 0 Å². The number of halogens is 2. The number of carbonyl (C=O) groups excluding carboxylic acids is 2. The Balaban J connectivity index is 2.83. The summed E-state index contributed by atoms with van der Waals surface area (Å²) in [6, 6.07) is 2.58. The number of rotatable bonds is 8. The van der Waals surface area contributed by atoms with Crippen molar-refractivity contribution in [1.82, 2.24) is 0 Å². The molecule has 7 heteroatoms. The number of thioether (sulfide) groups is 1. The summed E-state index contributed by atoms with van der Waals surface area (Å²) in [5, 5.41) is 2.22. The van der Waals surface area contributed by atoms with Crippen molar-refractivity contribution in [2.75, 3.05) is 11.9 Å². The van der Waals surface area contributed by atoms with E-state index in [0.717, 1.165) is 18.9 Å². The quantitative estimate of drug-likeness (QED) is 0.399. The Labute approximate surface area is 151 Å². The fraction of sp³-hybridized carbons (Fsp3) is 0.529. The zero-order valence-electron chi connectivity index (χ0n) is 14.3. The summed E-state index contributed by atoms with van der Waals surface area (Å²) in [6.07, 6.45) is 1.75. The molecular weight excluding hydrogens is 353 g/mol. The molecule has 0 aliphatic heterocycles. The molecule has 0 radical (unpaired) electrons. The Morgan fingerprint density at radius 2 is 2.00 bits per heavy atom. The van der Waals surface area contributed by atoms with Crippen molar-refractivity contribution in [2.24, 2.45) is 5.92 Å². The maximum absolute atomic E-state index is 14.0. The molecule has 134 valence electrons. The van der Waals surface area contributed by atoms with Gasteiger partial charge in [-0.25, -0.2) is 4.39 Å². The first-order valence-corrected chi connectivity index (χ1v) is 9.15. The number of ether oxygens (including phenoxy) is 1. The SMILES string of the molecule is CCCCOC(=O)C(C)Sc1cc(NC(=O)C(C)C)c(F)cc1Cl. The van der Waals surface area contributed by atoms with Crippen LogP contribution >= 0.6 is 23.4 Å². The van der Waals surface area contributed by atoms with Gasteiger partial charge in [0.05, 0.1) is 17.3 Å². The molecule has 1 rings (SSSR count). The van der Waals surface area contributed by atoms with Crippen LogP contribution in [0.3, 0.4) is 0 Å². The zero-order chi connectivity index (χ0) is 18.3. The van der Waals surface area contributed by atoms with Gasteiger partial charge in [-0.15, -0.1) is 11.8 Å². The van der Waals surface area contributed by atoms with E-state index in [1.807, 2.05) is 6.92 Å². The van der Waals surface area contributed by atoms with Crippen LogP contribution in [0, 0.1) is 11.7 Å². The Kier molecular flexibility index (Phi) is 8.56. The van der Waals surface area contributed by atoms with Gasteiger partial charge in [-0.2, -0.15) is 0 Å². The molecule has 1 N–H and O–H groups in total. The third kappa shape index (κ3) is 6.32. The molecule has 1 aromatic rings. The summed E-state index contributed by atoms with van der Waals surface area (Å²) in [5.74, 6) is -1.53. The highest BCUT2D eigenvalue weighted by atomic mass is 35.5. The first-order chi connectivity index (χ1) is 11.3. The predicted molar refractivity (Wildman–Crippen MR) is 96.1 cm³/mol. The summed E-state index contributed by atoms with van der Waals surface area (Å²) in [6.45, 7) is 7.52. The van der Waals surface area contributed by atoms with Gasteiger partial charge >= 0.3 is 5.97 Å². The first kappa shape index (κ1) is 20.8. The van der Waals surface area contributed by atoms with Gasteiger partial charge in [0.2, 0.25) is 5.91 Å². The second-order valence-electron chi connectivity index (χ2n) is 5.69. The number of carbonyl (C=O) groups is 2. The van der Waals surface area contributed by atoms with Crippen molar-refractivity contribution < 1.29 is 18.7 Å². The van der Waals surface area contributed by atoms with E-state index >= 15 is 0 Å². The van der Waals surface area contributed by atoms with E-state index in [9.17, 15) is 14.0 Å². The van der Waals surface area contributed by atoms with E-state index in [2.05, 4.69) is 5.32 Å². The summed E-state index contributed by atoms with van der Waals surface area (Å²) >= 11 is 7.22. The van der Waals surface area contributed by atoms with Crippen molar-refractivity contribution in [2.45, 2.75) is 50.7 Å². The molecular formula is C17H23ClFNO3S. The lowest BCUT2D eigenvalue weighted by Crippen LogP contribution is -2.19. The molecule has 1 amide bonds. The predicted octanol–water partition coefficient (Wildman–Crippen LogP) is 4.90. The summed E-state index contributed by atoms with van der Waals surface area (Å²) in [7, 11) is 0. The number of nitrogens with one attached hydrogen (secondary N) is 1. The molecule has 24 heavy (non-hydrogen) atoms. The zero-order valence-corrected chi connectivity index (χ0v) is 15.9. The Hall–Kier alpha value is -1.27. The molecule has 0 saturated heterocycles. The van der Waals surface area contributed by atoms with Crippen LogP contribution in [0.1, 0.15) is 40.5 Å². The van der Waals surface area contributed by atoms with Crippen LogP contribution in [0.4, 0.5) is 10.1 Å². The minimum Gasteiger partial charge on any atom is -0.465 e. The van der Waals surface area contributed by atoms with E-state index < -0.39 is 11.1 Å². The molecule has 1 atom stereocenters. The smallest absolute Gasteiger partial charge is 0.319 e. The highest BCUT2D eigenvalue weighted by Crippen LogP contribution is 2.34. The van der Waals surface area contributed by atoms with Crippen LogP contribution < -0.4 is 5.32 Å². The molecule has 4 nitrogen and oxygen atoms in total. The van der Waals surface area contributed by atoms with Crippen molar-refractivity contribution in [3.63, 3.8) is 0 Å². The van der Waals surface area contributed by atoms with E-state index in [0.29, 0.717) is 11.5 Å². The topological polar surface area (TPSA) is 55.4 Å². The average Bonchev–Trinajstić information content (AvgIpc) is 2.51. The Morgan fingerprint density at radius 3 is 2.58 bits per heavy atom. The van der Waals surface area contributed by atoms with Crippen molar-refractivity contribution in [1.29, 1.82) is 0 Å². The van der Waals surface area contributed by atoms with Gasteiger partial charge in [0.25, 0.3) is 0 Å². The molecule has 0 spiro atoms. The molecule has 0 aliphatic rings. The first-order valence-electron chi connectivity index (χ1n) is 7.89. The van der Waals surface area contributed by atoms with Gasteiger partial charge < -0.3 is 10.1 Å². The maximum atomic E-state index is 14.0. The molecule has 1 aromatic carbocycles. The number of anilines is 1. The van der Waals surface area contributed by atoms with Gasteiger partial charge in [-0.05, 0) is 25.5 Å². The molecule has 0 aliphatic carbocycles. The van der Waals surface area contributed by atoms with Crippen LogP contribution in [-0.2, 0) is 14.3 Å². The van der Waals surface area contributed by atoms with Crippen LogP contribution in [0.15, 0.2) is 17.0 Å². The lowest BCUT2D eigenvalue weighted by molar-refractivity contribution is -0.142. The molecule has 0 bridgehead atoms. The Morgan fingerprint density at radius 1 is 1.33 bits per heavy atom. The molecule has 0 fully saturated rings. The Bertz CT molecular complexity index is 595. The van der Waals surface area contributed by atoms with Gasteiger partial charge in [0.1, 0.15) is 11.1 Å². The molecule has 0 saturated carbocycles. The van der Waals surface area contributed by atoms with E-state index in [4.69, 9.17) is 16.3 Å². The van der Waals surface area contributed by atoms with E-state index in [1.54, 1.807) is 20.8 Å². The molecule has 0 aromatic heterocycles. The number of amides is 1. The van der Waals surface area contributed by atoms with Crippen LogP contribution in [0.25, 0.3) is 0 Å². The number of unbranched alkanes of at least 4 members (excludes halogenated alkanes) is 1. The third-order valence-electron chi connectivity index (χ3n) is 3.18. The fourth-order valence-corrected chi connectivity index (χ4v) is 2.85. The van der Waals surface area contributed by atoms with Crippen LogP contribution in [-0.4, -0.2) is 23.7 Å². The van der Waals surface area contributed by atoms with Crippen LogP contribution in [0.2, 0.25) is 5.02 Å². The second-order valence-corrected chi connectivity index (χ2v) is 7.48. The molecule has 0 heterocycles. The number of hydrogen-bond acceptors (Lipinski definition) is 4. The van der Waals surface area contributed by atoms with Crippen molar-refractivity contribution in [3.8, 4) is 0 Å². The van der Waals surface area contributed by atoms with Gasteiger partial charge in [0, 0.05) is 10.8 Å². The lowest BCUT2D eigenvalue weighted by atomic mass is 10.2. The summed E-state index contributed by atoms with van der Waals surface area (Å²) in [4.78, 5) is 24.2. The van der Waals surface area contributed by atoms with Gasteiger partial charge in [0.15, 0.2) is 0 Å². The van der Waals surface area contributed by atoms with Gasteiger partial charge in [-0.3, -0.25) is 9.59 Å². The number of esters is 1. The maximum Gasteiger partial charge on any atom is 0.319 e. The minimum atomic E-state index is -0.614. The number of hydrogen-bond donors (Lipinski definition) is 1. The summed E-state index contributed by atoms with van der Waals surface area (Å²) < 4.78 is 19.1. The standard InChI is InChI=1S/C17H23ClFNO3S/c1-5-6-7-23-17(22)11(4)24-15-9-14(13(19)8-12(15)18)20-16(21)10(2)3/h8-11H,5-7H2,1-4H3,(H,20,21). The lowest BCUT2D eigenvalue weighted by Gasteiger charge is -2.14. The normalized spacial score (nSPS) is 12.1. The molecule has 1 unspecified atom stereocenters. The third-order valence-corrected chi connectivity index (χ3v) is 4.74. The van der Waals surface area contributed by atoms with E-state index in [1.165, 1.54) is 17.8 Å². The van der Waals surface area contributed by atoms with Crippen molar-refractivity contribution >= 4 is 40.9 Å². The largest absolute Gasteiger partial charge is 0.465 e. The average molecular weight is 376 g/mol. The minimum absolute atomic E-state index is 0.0483. The summed E-state index contributed by atoms with van der Waals surface area (Å²) in [5.41, 5.74) is 0.0483. The number of benzene rings is 1. The van der Waals surface area contributed by atoms with Gasteiger partial charge in [-0.1, -0.05) is 38.8 Å².